The molecule has 0 heterocycles. The van der Waals surface area contributed by atoms with Crippen LogP contribution in [0, 0.1) is 0 Å². The molecule has 0 aromatic heterocycles. The summed E-state index contributed by atoms with van der Waals surface area (Å²) in [6, 6.07) is 1.90. The normalized spacial score (nSPS) is 12.3. The first-order valence-corrected chi connectivity index (χ1v) is 40.8. The van der Waals surface area contributed by atoms with Crippen molar-refractivity contribution in [3.05, 3.63) is 25.3 Å². The van der Waals surface area contributed by atoms with Crippen molar-refractivity contribution in [2.75, 3.05) is 39.6 Å². The summed E-state index contributed by atoms with van der Waals surface area (Å²) in [7, 11) is -12.2. The fourth-order valence-corrected chi connectivity index (χ4v) is 31.9. The molecule has 0 rings (SSSR count). The van der Waals surface area contributed by atoms with Gasteiger partial charge in [0.2, 0.25) is 0 Å². The maximum absolute atomic E-state index is 10.8. The summed E-state index contributed by atoms with van der Waals surface area (Å²) in [5, 5.41) is 0. The Hall–Kier alpha value is -0.342. The zero-order valence-corrected chi connectivity index (χ0v) is 46.3. The molecule has 11 nitrogen and oxygen atoms in total. The maximum atomic E-state index is 10.8. The lowest BCUT2D eigenvalue weighted by molar-refractivity contribution is -0.143. The Morgan fingerprint density at radius 2 is 0.825 bits per heavy atom. The lowest BCUT2D eigenvalue weighted by Crippen LogP contribution is -2.58. The van der Waals surface area contributed by atoms with E-state index in [1.54, 1.807) is 6.08 Å². The fourth-order valence-electron chi connectivity index (χ4n) is 4.77. The Kier molecular flexibility index (Phi) is 73.0. The number of allylic oxidation sites excluding steroid dienone is 1. The van der Waals surface area contributed by atoms with Gasteiger partial charge in [0.05, 0.1) is 19.8 Å². The number of unbranched alkanes of at least 4 members (excludes halogenated alkanes) is 1. The van der Waals surface area contributed by atoms with E-state index in [-0.39, 0.29) is 71.4 Å². The van der Waals surface area contributed by atoms with E-state index < -0.39 is 59.7 Å². The predicted octanol–water partition coefficient (Wildman–Crippen LogP) is 15.6. The van der Waals surface area contributed by atoms with Crippen LogP contribution in [0.3, 0.4) is 0 Å². The lowest BCUT2D eigenvalue weighted by atomic mass is 10.4. The van der Waals surface area contributed by atoms with Crippen molar-refractivity contribution in [1.29, 1.82) is 0 Å². The number of rotatable bonds is 26. The molecule has 0 bridgehead atoms. The van der Waals surface area contributed by atoms with Gasteiger partial charge in [-0.1, -0.05) is 98.3 Å². The molecule has 0 saturated heterocycles. The van der Waals surface area contributed by atoms with Crippen LogP contribution in [0.25, 0.3) is 0 Å². The first-order valence-electron chi connectivity index (χ1n) is 20.0. The molecule has 0 aliphatic carbocycles. The number of hydrogen-bond acceptors (Lipinski definition) is 11. The van der Waals surface area contributed by atoms with Gasteiger partial charge in [0, 0.05) is 20.5 Å². The van der Waals surface area contributed by atoms with E-state index >= 15 is 0 Å². The SMILES string of the molecule is C.C.C.C.C.C.C.C.C=CCC.C=CCOCCOC(C)=O.CCCC[Si](C)(O[Si](C)(C)C)O[Si](C)(CCCOCCOC(C)=O)O[Si](C)(C)C.C[SiH](O[Si](C)(C)C)O[Si](C)(C)C. The minimum Gasteiger partial charge on any atom is -0.463 e. The molecule has 63 heavy (non-hydrogen) atoms. The average molecular weight is 1030 g/mol. The topological polar surface area (TPSA) is 117 Å². The number of ether oxygens (including phenoxy) is 4. The summed E-state index contributed by atoms with van der Waals surface area (Å²) < 4.78 is 52.1. The quantitative estimate of drug-likeness (QED) is 0.0357. The van der Waals surface area contributed by atoms with Crippen molar-refractivity contribution in [3.8, 4) is 0 Å². The van der Waals surface area contributed by atoms with E-state index in [0.717, 1.165) is 37.8 Å². The first kappa shape index (κ1) is 92.8. The first-order chi connectivity index (χ1) is 24.9. The molecule has 0 N–H and O–H groups in total. The molecule has 0 spiro atoms. The highest BCUT2D eigenvalue weighted by Gasteiger charge is 2.46. The molecule has 0 saturated carbocycles. The minimum absolute atomic E-state index is 0. The van der Waals surface area contributed by atoms with E-state index in [9.17, 15) is 9.59 Å². The van der Waals surface area contributed by atoms with Crippen molar-refractivity contribution in [2.45, 2.75) is 223 Å². The van der Waals surface area contributed by atoms with E-state index in [2.05, 4.69) is 130 Å². The number of carbonyl (C=O) groups excluding carboxylic acids is 2. The predicted molar refractivity (Wildman–Crippen MR) is 304 cm³/mol. The van der Waals surface area contributed by atoms with Crippen molar-refractivity contribution in [1.82, 2.24) is 0 Å². The third kappa shape index (κ3) is 82.2. The number of carbonyl (C=O) groups is 2. The molecule has 0 aromatic carbocycles. The highest BCUT2D eigenvalue weighted by molar-refractivity contribution is 6.89. The molecule has 0 aliphatic heterocycles. The van der Waals surface area contributed by atoms with E-state index in [4.69, 9.17) is 34.8 Å². The van der Waals surface area contributed by atoms with Gasteiger partial charge in [-0.3, -0.25) is 9.59 Å². The zero-order chi connectivity index (χ0) is 44.0. The second-order valence-electron chi connectivity index (χ2n) is 17.4. The van der Waals surface area contributed by atoms with Crippen LogP contribution in [0.5, 0.6) is 0 Å². The van der Waals surface area contributed by atoms with Crippen molar-refractivity contribution in [3.63, 3.8) is 0 Å². The Bertz CT molecular complexity index is 986. The summed E-state index contributed by atoms with van der Waals surface area (Å²) in [4.78, 5) is 21.0. The molecular weight excluding hydrogens is 913 g/mol. The Balaban J connectivity index is -0.0000000643. The van der Waals surface area contributed by atoms with Crippen molar-refractivity contribution < 1.29 is 49.1 Å². The number of esters is 2. The molecule has 0 aromatic rings. The van der Waals surface area contributed by atoms with Gasteiger partial charge < -0.3 is 39.5 Å². The van der Waals surface area contributed by atoms with Crippen LogP contribution in [0.4, 0.5) is 0 Å². The smallest absolute Gasteiger partial charge is 0.315 e. The van der Waals surface area contributed by atoms with E-state index in [1.807, 2.05) is 6.08 Å². The van der Waals surface area contributed by atoms with Gasteiger partial charge >= 0.3 is 29.1 Å². The molecule has 0 aliphatic rings. The molecule has 394 valence electrons. The molecule has 2 atom stereocenters. The summed E-state index contributed by atoms with van der Waals surface area (Å²) in [6.45, 7) is 49.8. The molecule has 0 amide bonds. The third-order valence-electron chi connectivity index (χ3n) is 6.01. The van der Waals surface area contributed by atoms with Gasteiger partial charge in [-0.05, 0) is 123 Å². The van der Waals surface area contributed by atoms with Crippen LogP contribution in [0.2, 0.25) is 110 Å². The molecule has 0 fully saturated rings. The zero-order valence-electron chi connectivity index (χ0n) is 39.1. The fraction of sp³-hybridized carbons (Fsp3) is 0.867. The van der Waals surface area contributed by atoms with Crippen LogP contribution < -0.4 is 0 Å². The molecular formula is C45H120O11Si7. The summed E-state index contributed by atoms with van der Waals surface area (Å²) >= 11 is 0. The minimum atomic E-state index is -2.40. The second-order valence-corrected chi connectivity index (χ2v) is 45.3. The second kappa shape index (κ2) is 49.6. The van der Waals surface area contributed by atoms with Crippen LogP contribution in [-0.4, -0.2) is 111 Å². The third-order valence-corrected chi connectivity index (χ3v) is 28.7. The van der Waals surface area contributed by atoms with Gasteiger partial charge in [0.15, 0.2) is 33.3 Å². The van der Waals surface area contributed by atoms with Gasteiger partial charge in [-0.25, -0.2) is 0 Å². The number of hydrogen-bond donors (Lipinski definition) is 0. The van der Waals surface area contributed by atoms with E-state index in [0.29, 0.717) is 39.6 Å². The summed E-state index contributed by atoms with van der Waals surface area (Å²) in [5.74, 6) is -0.550. The molecule has 18 heteroatoms. The molecule has 2 unspecified atom stereocenters. The highest BCUT2D eigenvalue weighted by atomic mass is 28.5. The van der Waals surface area contributed by atoms with Gasteiger partial charge in [0.25, 0.3) is 9.28 Å². The van der Waals surface area contributed by atoms with Gasteiger partial charge in [-0.2, -0.15) is 0 Å². The average Bonchev–Trinajstić information content (AvgIpc) is 2.96. The van der Waals surface area contributed by atoms with Crippen LogP contribution in [0.15, 0.2) is 25.3 Å². The highest BCUT2D eigenvalue weighted by Crippen LogP contribution is 2.31. The summed E-state index contributed by atoms with van der Waals surface area (Å²) in [6.07, 6.45) is 7.75. The monoisotopic (exact) mass is 1030 g/mol. The van der Waals surface area contributed by atoms with E-state index in [1.165, 1.54) is 13.8 Å². The Morgan fingerprint density at radius 3 is 1.10 bits per heavy atom. The van der Waals surface area contributed by atoms with Crippen LogP contribution in [0.1, 0.15) is 113 Å². The van der Waals surface area contributed by atoms with Gasteiger partial charge in [0.1, 0.15) is 13.2 Å². The Labute approximate surface area is 406 Å². The van der Waals surface area contributed by atoms with Crippen LogP contribution in [-0.2, 0) is 49.1 Å². The lowest BCUT2D eigenvalue weighted by Gasteiger charge is -2.43. The van der Waals surface area contributed by atoms with Gasteiger partial charge in [-0.15, -0.1) is 13.2 Å². The van der Waals surface area contributed by atoms with Crippen molar-refractivity contribution >= 4 is 71.6 Å². The largest absolute Gasteiger partial charge is 0.463 e. The Morgan fingerprint density at radius 1 is 0.492 bits per heavy atom. The van der Waals surface area contributed by atoms with Crippen molar-refractivity contribution in [2.24, 2.45) is 0 Å². The maximum Gasteiger partial charge on any atom is 0.315 e. The molecule has 0 radical (unpaired) electrons. The standard InChI is InChI=1S/C19H46O6Si4.C7H12O3.C7H22O2Si3.C4H8.8CH4/c1-11-12-17-28(9,23-26(3,4)5)25-29(10,24-27(6,7)8)18-13-14-21-15-16-22-19(2)20;1-3-4-9-5-6-10-7(2)8;1-10(8-11(2,3)4)9-12(5,6)7;1-3-4-2;;;;;;;;/h11-18H2,1-10H3;3H,1,4-6H2,2H3;10H,1-7H3;3H,1,4H2,2H3;8*1H4. The summed E-state index contributed by atoms with van der Waals surface area (Å²) in [5.41, 5.74) is 0. The van der Waals surface area contributed by atoms with Crippen LogP contribution >= 0.6 is 0 Å².